The van der Waals surface area contributed by atoms with Gasteiger partial charge in [-0.3, -0.25) is 9.69 Å². The largest absolute Gasteiger partial charge is 0.383 e. The van der Waals surface area contributed by atoms with Crippen molar-refractivity contribution in [2.45, 2.75) is 32.7 Å². The summed E-state index contributed by atoms with van der Waals surface area (Å²) in [7, 11) is 1.70. The van der Waals surface area contributed by atoms with E-state index in [1.807, 2.05) is 18.2 Å². The Morgan fingerprint density at radius 2 is 2.05 bits per heavy atom. The van der Waals surface area contributed by atoms with Crippen LogP contribution in [0.3, 0.4) is 0 Å². The molecular formula is C16H23NO2. The molecule has 1 fully saturated rings. The van der Waals surface area contributed by atoms with E-state index in [9.17, 15) is 4.79 Å². The highest BCUT2D eigenvalue weighted by Crippen LogP contribution is 2.26. The van der Waals surface area contributed by atoms with Crippen LogP contribution < -0.4 is 0 Å². The molecular weight excluding hydrogens is 238 g/mol. The molecule has 0 amide bonds. The summed E-state index contributed by atoms with van der Waals surface area (Å²) in [5, 5.41) is 0. The van der Waals surface area contributed by atoms with E-state index in [1.54, 1.807) is 7.11 Å². The summed E-state index contributed by atoms with van der Waals surface area (Å²) in [6.45, 7) is 6.17. The fourth-order valence-corrected chi connectivity index (χ4v) is 2.23. The Labute approximate surface area is 115 Å². The minimum Gasteiger partial charge on any atom is -0.383 e. The highest BCUT2D eigenvalue weighted by Gasteiger charge is 2.30. The molecule has 2 rings (SSSR count). The number of hydrogen-bond acceptors (Lipinski definition) is 3. The lowest BCUT2D eigenvalue weighted by Crippen LogP contribution is -2.34. The van der Waals surface area contributed by atoms with Crippen molar-refractivity contribution >= 4 is 5.78 Å². The molecule has 0 bridgehead atoms. The Bertz CT molecular complexity index is 452. The van der Waals surface area contributed by atoms with E-state index in [1.165, 1.54) is 24.0 Å². The molecule has 0 unspecified atom stereocenters. The van der Waals surface area contributed by atoms with Crippen molar-refractivity contribution < 1.29 is 9.53 Å². The van der Waals surface area contributed by atoms with Crippen LogP contribution in [0.5, 0.6) is 0 Å². The van der Waals surface area contributed by atoms with Crippen LogP contribution in [0.1, 0.15) is 34.3 Å². The van der Waals surface area contributed by atoms with Gasteiger partial charge >= 0.3 is 0 Å². The first-order valence-corrected chi connectivity index (χ1v) is 6.95. The predicted octanol–water partition coefficient (Wildman–Crippen LogP) is 2.60. The SMILES string of the molecule is COCCN(CC(=O)c1ccc(C)c(C)c1)C1CC1. The normalized spacial score (nSPS) is 14.9. The molecule has 0 saturated heterocycles. The third-order valence-corrected chi connectivity index (χ3v) is 3.82. The molecule has 1 aromatic carbocycles. The molecule has 19 heavy (non-hydrogen) atoms. The number of ketones is 1. The number of rotatable bonds is 7. The molecule has 1 aromatic rings. The van der Waals surface area contributed by atoms with Crippen LogP contribution in [0.25, 0.3) is 0 Å². The lowest BCUT2D eigenvalue weighted by Gasteiger charge is -2.20. The standard InChI is InChI=1S/C16H23NO2/c1-12-4-5-14(10-13(12)2)16(18)11-17(8-9-19-3)15-6-7-15/h4-5,10,15H,6-9,11H2,1-3H3. The molecule has 1 aliphatic carbocycles. The molecule has 0 heterocycles. The zero-order valence-electron chi connectivity index (χ0n) is 12.1. The van der Waals surface area contributed by atoms with Gasteiger partial charge in [0.1, 0.15) is 0 Å². The van der Waals surface area contributed by atoms with E-state index in [2.05, 4.69) is 18.7 Å². The van der Waals surface area contributed by atoms with Crippen molar-refractivity contribution in [1.29, 1.82) is 0 Å². The van der Waals surface area contributed by atoms with Crippen molar-refractivity contribution in [3.8, 4) is 0 Å². The predicted molar refractivity (Wildman–Crippen MR) is 76.7 cm³/mol. The number of carbonyl (C=O) groups is 1. The van der Waals surface area contributed by atoms with Gasteiger partial charge in [0.05, 0.1) is 13.2 Å². The van der Waals surface area contributed by atoms with Gasteiger partial charge < -0.3 is 4.74 Å². The van der Waals surface area contributed by atoms with Gasteiger partial charge in [-0.05, 0) is 43.9 Å². The van der Waals surface area contributed by atoms with E-state index in [0.29, 0.717) is 19.2 Å². The third-order valence-electron chi connectivity index (χ3n) is 3.82. The summed E-state index contributed by atoms with van der Waals surface area (Å²) >= 11 is 0. The van der Waals surface area contributed by atoms with Gasteiger partial charge in [0.15, 0.2) is 5.78 Å². The summed E-state index contributed by atoms with van der Waals surface area (Å²) in [6.07, 6.45) is 2.42. The minimum atomic E-state index is 0.214. The van der Waals surface area contributed by atoms with Crippen LogP contribution in [0.2, 0.25) is 0 Å². The van der Waals surface area contributed by atoms with Crippen molar-refractivity contribution in [2.24, 2.45) is 0 Å². The van der Waals surface area contributed by atoms with Crippen LogP contribution in [0, 0.1) is 13.8 Å². The number of methoxy groups -OCH3 is 1. The lowest BCUT2D eigenvalue weighted by molar-refractivity contribution is 0.0885. The maximum atomic E-state index is 12.3. The molecule has 3 nitrogen and oxygen atoms in total. The number of carbonyl (C=O) groups excluding carboxylic acids is 1. The van der Waals surface area contributed by atoms with E-state index in [4.69, 9.17) is 4.74 Å². The lowest BCUT2D eigenvalue weighted by atomic mass is 10.0. The molecule has 104 valence electrons. The van der Waals surface area contributed by atoms with Gasteiger partial charge in [-0.2, -0.15) is 0 Å². The first kappa shape index (κ1) is 14.2. The van der Waals surface area contributed by atoms with Gasteiger partial charge in [0.2, 0.25) is 0 Å². The average Bonchev–Trinajstić information content (AvgIpc) is 3.21. The Hall–Kier alpha value is -1.19. The Morgan fingerprint density at radius 3 is 2.63 bits per heavy atom. The van der Waals surface area contributed by atoms with E-state index in [-0.39, 0.29) is 5.78 Å². The summed E-state index contributed by atoms with van der Waals surface area (Å²) < 4.78 is 5.12. The zero-order chi connectivity index (χ0) is 13.8. The molecule has 0 aromatic heterocycles. The van der Waals surface area contributed by atoms with Crippen molar-refractivity contribution in [3.05, 3.63) is 34.9 Å². The van der Waals surface area contributed by atoms with Gasteiger partial charge in [0, 0.05) is 25.3 Å². The molecule has 0 aliphatic heterocycles. The number of nitrogens with zero attached hydrogens (tertiary/aromatic N) is 1. The van der Waals surface area contributed by atoms with Crippen molar-refractivity contribution in [1.82, 2.24) is 4.90 Å². The van der Waals surface area contributed by atoms with Gasteiger partial charge in [-0.1, -0.05) is 12.1 Å². The van der Waals surface area contributed by atoms with Crippen LogP contribution in [0.4, 0.5) is 0 Å². The summed E-state index contributed by atoms with van der Waals surface area (Å²) in [6, 6.07) is 6.55. The second-order valence-corrected chi connectivity index (χ2v) is 5.42. The van der Waals surface area contributed by atoms with Crippen LogP contribution in [-0.2, 0) is 4.74 Å². The summed E-state index contributed by atoms with van der Waals surface area (Å²) in [5.41, 5.74) is 3.24. The van der Waals surface area contributed by atoms with Gasteiger partial charge in [-0.15, -0.1) is 0 Å². The number of Topliss-reactive ketones (excluding diaryl/α,β-unsaturated/α-hetero) is 1. The van der Waals surface area contributed by atoms with Crippen LogP contribution in [-0.4, -0.2) is 43.5 Å². The molecule has 1 aliphatic rings. The number of benzene rings is 1. The minimum absolute atomic E-state index is 0.214. The number of aryl methyl sites for hydroxylation is 2. The first-order chi connectivity index (χ1) is 9.11. The molecule has 1 saturated carbocycles. The quantitative estimate of drug-likeness (QED) is 0.707. The third kappa shape index (κ3) is 3.88. The van der Waals surface area contributed by atoms with E-state index in [0.717, 1.165) is 12.1 Å². The van der Waals surface area contributed by atoms with Gasteiger partial charge in [-0.25, -0.2) is 0 Å². The molecule has 0 atom stereocenters. The fraction of sp³-hybridized carbons (Fsp3) is 0.562. The number of hydrogen-bond donors (Lipinski definition) is 0. The summed E-state index contributed by atoms with van der Waals surface area (Å²) in [4.78, 5) is 14.6. The smallest absolute Gasteiger partial charge is 0.176 e. The molecule has 0 spiro atoms. The second kappa shape index (κ2) is 6.31. The molecule has 3 heteroatoms. The average molecular weight is 261 g/mol. The van der Waals surface area contributed by atoms with Crippen molar-refractivity contribution in [2.75, 3.05) is 26.8 Å². The van der Waals surface area contributed by atoms with Gasteiger partial charge in [0.25, 0.3) is 0 Å². The Balaban J connectivity index is 1.99. The fourth-order valence-electron chi connectivity index (χ4n) is 2.23. The summed E-state index contributed by atoms with van der Waals surface area (Å²) in [5.74, 6) is 0.214. The molecule has 0 radical (unpaired) electrons. The van der Waals surface area contributed by atoms with E-state index >= 15 is 0 Å². The monoisotopic (exact) mass is 261 g/mol. The number of ether oxygens (including phenoxy) is 1. The topological polar surface area (TPSA) is 29.5 Å². The second-order valence-electron chi connectivity index (χ2n) is 5.42. The maximum Gasteiger partial charge on any atom is 0.176 e. The first-order valence-electron chi connectivity index (χ1n) is 6.95. The maximum absolute atomic E-state index is 12.3. The van der Waals surface area contributed by atoms with Crippen LogP contribution >= 0.6 is 0 Å². The Kier molecular flexibility index (Phi) is 4.72. The highest BCUT2D eigenvalue weighted by molar-refractivity contribution is 5.97. The zero-order valence-corrected chi connectivity index (χ0v) is 12.1. The Morgan fingerprint density at radius 1 is 1.32 bits per heavy atom. The molecule has 0 N–H and O–H groups in total. The van der Waals surface area contributed by atoms with E-state index < -0.39 is 0 Å². The highest BCUT2D eigenvalue weighted by atomic mass is 16.5. The van der Waals surface area contributed by atoms with Crippen LogP contribution in [0.15, 0.2) is 18.2 Å². The van der Waals surface area contributed by atoms with Crippen molar-refractivity contribution in [3.63, 3.8) is 0 Å².